The van der Waals surface area contributed by atoms with Gasteiger partial charge in [0, 0.05) is 13.1 Å². The van der Waals surface area contributed by atoms with Crippen LogP contribution in [0.25, 0.3) is 16.6 Å². The molecule has 1 aromatic heterocycles. The highest BCUT2D eigenvalue weighted by Gasteiger charge is 2.19. The van der Waals surface area contributed by atoms with Gasteiger partial charge in [0.25, 0.3) is 5.56 Å². The summed E-state index contributed by atoms with van der Waals surface area (Å²) in [5, 5.41) is 18.7. The number of rotatable bonds is 9. The predicted octanol–water partition coefficient (Wildman–Crippen LogP) is 4.26. The molecule has 0 radical (unpaired) electrons. The van der Waals surface area contributed by atoms with Gasteiger partial charge < -0.3 is 4.90 Å². The standard InChI is InChI=1S/C25H25N5O2S/c1-18(2)19-9-4-6-12-22(19)30-24(32)20-10-3-5-11-21(20)28-25(30)33-17-23(31)29(15-7-13-26)16-8-14-27/h3-6,9-12,18H,7-8,15-17H2,1-2H3. The number of fused-ring (bicyclic) bond motifs is 1. The average molecular weight is 460 g/mol. The number of nitrogens with zero attached hydrogens (tertiary/aromatic N) is 5. The maximum absolute atomic E-state index is 13.5. The fraction of sp³-hybridized carbons (Fsp3) is 0.320. The number of carbonyl (C=O) groups excluding carboxylic acids is 1. The Hall–Kier alpha value is -3.62. The van der Waals surface area contributed by atoms with Gasteiger partial charge in [0.1, 0.15) is 0 Å². The summed E-state index contributed by atoms with van der Waals surface area (Å²) in [5.74, 6) is 0.0361. The summed E-state index contributed by atoms with van der Waals surface area (Å²) in [6.45, 7) is 4.67. The van der Waals surface area contributed by atoms with Gasteiger partial charge in [-0.3, -0.25) is 14.2 Å². The van der Waals surface area contributed by atoms with Crippen LogP contribution in [-0.4, -0.2) is 39.2 Å². The number of amides is 1. The Kier molecular flexibility index (Phi) is 8.23. The van der Waals surface area contributed by atoms with Gasteiger partial charge in [-0.2, -0.15) is 10.5 Å². The SMILES string of the molecule is CC(C)c1ccccc1-n1c(SCC(=O)N(CCC#N)CCC#N)nc2ccccc2c1=O. The van der Waals surface area contributed by atoms with Crippen LogP contribution in [0.2, 0.25) is 0 Å². The van der Waals surface area contributed by atoms with Crippen molar-refractivity contribution < 1.29 is 4.79 Å². The molecule has 3 aromatic rings. The van der Waals surface area contributed by atoms with Crippen LogP contribution in [0.1, 0.15) is 38.2 Å². The van der Waals surface area contributed by atoms with E-state index in [1.807, 2.05) is 48.5 Å². The van der Waals surface area contributed by atoms with Crippen molar-refractivity contribution in [2.45, 2.75) is 37.8 Å². The van der Waals surface area contributed by atoms with E-state index in [0.29, 0.717) is 16.1 Å². The van der Waals surface area contributed by atoms with Crippen LogP contribution in [0.3, 0.4) is 0 Å². The van der Waals surface area contributed by atoms with E-state index in [1.54, 1.807) is 16.7 Å². The highest BCUT2D eigenvalue weighted by molar-refractivity contribution is 7.99. The Bertz CT molecular complexity index is 1270. The highest BCUT2D eigenvalue weighted by atomic mass is 32.2. The third-order valence-corrected chi connectivity index (χ3v) is 6.13. The van der Waals surface area contributed by atoms with Crippen molar-refractivity contribution in [2.75, 3.05) is 18.8 Å². The third kappa shape index (κ3) is 5.60. The Labute approximate surface area is 197 Å². The number of hydrogen-bond donors (Lipinski definition) is 0. The van der Waals surface area contributed by atoms with Gasteiger partial charge in [0.15, 0.2) is 5.16 Å². The van der Waals surface area contributed by atoms with Gasteiger partial charge in [-0.1, -0.05) is 55.9 Å². The van der Waals surface area contributed by atoms with Gasteiger partial charge >= 0.3 is 0 Å². The molecule has 3 rings (SSSR count). The number of nitriles is 2. The van der Waals surface area contributed by atoms with Crippen molar-refractivity contribution in [3.05, 3.63) is 64.4 Å². The molecule has 0 fully saturated rings. The lowest BCUT2D eigenvalue weighted by atomic mass is 10.0. The molecule has 33 heavy (non-hydrogen) atoms. The van der Waals surface area contributed by atoms with Crippen molar-refractivity contribution >= 4 is 28.6 Å². The zero-order valence-electron chi connectivity index (χ0n) is 18.7. The summed E-state index contributed by atoms with van der Waals surface area (Å²) < 4.78 is 1.59. The van der Waals surface area contributed by atoms with E-state index in [0.717, 1.165) is 11.3 Å². The predicted molar refractivity (Wildman–Crippen MR) is 129 cm³/mol. The lowest BCUT2D eigenvalue weighted by Gasteiger charge is -2.21. The van der Waals surface area contributed by atoms with E-state index in [9.17, 15) is 9.59 Å². The molecule has 0 spiro atoms. The molecule has 0 aliphatic rings. The first kappa shape index (κ1) is 24.0. The zero-order valence-corrected chi connectivity index (χ0v) is 19.5. The zero-order chi connectivity index (χ0) is 23.8. The first-order chi connectivity index (χ1) is 16.0. The summed E-state index contributed by atoms with van der Waals surface area (Å²) >= 11 is 1.19. The molecule has 8 heteroatoms. The smallest absolute Gasteiger partial charge is 0.266 e. The van der Waals surface area contributed by atoms with Crippen molar-refractivity contribution in [3.8, 4) is 17.8 Å². The van der Waals surface area contributed by atoms with Crippen molar-refractivity contribution in [1.82, 2.24) is 14.5 Å². The minimum atomic E-state index is -0.198. The molecule has 1 heterocycles. The number of carbonyl (C=O) groups is 1. The molecule has 0 bridgehead atoms. The largest absolute Gasteiger partial charge is 0.340 e. The highest BCUT2D eigenvalue weighted by Crippen LogP contribution is 2.27. The van der Waals surface area contributed by atoms with Crippen molar-refractivity contribution in [1.29, 1.82) is 10.5 Å². The quantitative estimate of drug-likeness (QED) is 0.350. The lowest BCUT2D eigenvalue weighted by Crippen LogP contribution is -2.34. The number of thioether (sulfide) groups is 1. The van der Waals surface area contributed by atoms with E-state index >= 15 is 0 Å². The van der Waals surface area contributed by atoms with Crippen LogP contribution in [0, 0.1) is 22.7 Å². The second kappa shape index (κ2) is 11.3. The van der Waals surface area contributed by atoms with Crippen molar-refractivity contribution in [2.24, 2.45) is 0 Å². The Morgan fingerprint density at radius 1 is 1.06 bits per heavy atom. The van der Waals surface area contributed by atoms with E-state index in [4.69, 9.17) is 15.5 Å². The molecule has 7 nitrogen and oxygen atoms in total. The summed E-state index contributed by atoms with van der Waals surface area (Å²) in [7, 11) is 0. The van der Waals surface area contributed by atoms with E-state index in [1.165, 1.54) is 16.7 Å². The van der Waals surface area contributed by atoms with Crippen LogP contribution in [0.4, 0.5) is 0 Å². The Morgan fingerprint density at radius 2 is 1.70 bits per heavy atom. The van der Waals surface area contributed by atoms with Crippen LogP contribution in [-0.2, 0) is 4.79 Å². The second-order valence-electron chi connectivity index (χ2n) is 7.75. The molecule has 0 aliphatic heterocycles. The van der Waals surface area contributed by atoms with E-state index in [2.05, 4.69) is 13.8 Å². The summed E-state index contributed by atoms with van der Waals surface area (Å²) in [6, 6.07) is 19.0. The molecule has 0 N–H and O–H groups in total. The summed E-state index contributed by atoms with van der Waals surface area (Å²) in [6.07, 6.45) is 0.394. The minimum Gasteiger partial charge on any atom is -0.340 e. The fourth-order valence-corrected chi connectivity index (χ4v) is 4.46. The molecule has 2 aromatic carbocycles. The maximum atomic E-state index is 13.5. The first-order valence-electron chi connectivity index (χ1n) is 10.7. The van der Waals surface area contributed by atoms with Gasteiger partial charge in [-0.25, -0.2) is 4.98 Å². The van der Waals surface area contributed by atoms with E-state index in [-0.39, 0.29) is 49.1 Å². The first-order valence-corrected chi connectivity index (χ1v) is 11.7. The monoisotopic (exact) mass is 459 g/mol. The molecular weight excluding hydrogens is 434 g/mol. The summed E-state index contributed by atoms with van der Waals surface area (Å²) in [5.41, 5.74) is 2.14. The molecule has 1 amide bonds. The van der Waals surface area contributed by atoms with Gasteiger partial charge in [0.05, 0.1) is 47.3 Å². The fourth-order valence-electron chi connectivity index (χ4n) is 3.55. The Morgan fingerprint density at radius 3 is 2.36 bits per heavy atom. The van der Waals surface area contributed by atoms with Gasteiger partial charge in [-0.05, 0) is 29.7 Å². The van der Waals surface area contributed by atoms with Gasteiger partial charge in [0.2, 0.25) is 5.91 Å². The molecule has 0 atom stereocenters. The molecule has 0 aliphatic carbocycles. The lowest BCUT2D eigenvalue weighted by molar-refractivity contribution is -0.128. The van der Waals surface area contributed by atoms with Gasteiger partial charge in [-0.15, -0.1) is 0 Å². The average Bonchev–Trinajstić information content (AvgIpc) is 2.82. The molecule has 0 saturated carbocycles. The third-order valence-electron chi connectivity index (χ3n) is 5.21. The van der Waals surface area contributed by atoms with Crippen LogP contribution >= 0.6 is 11.8 Å². The normalized spacial score (nSPS) is 10.7. The summed E-state index contributed by atoms with van der Waals surface area (Å²) in [4.78, 5) is 32.6. The number of hydrogen-bond acceptors (Lipinski definition) is 6. The van der Waals surface area contributed by atoms with E-state index < -0.39 is 0 Å². The van der Waals surface area contributed by atoms with Crippen LogP contribution in [0.15, 0.2) is 58.5 Å². The van der Waals surface area contributed by atoms with Crippen molar-refractivity contribution in [3.63, 3.8) is 0 Å². The number of benzene rings is 2. The topological polar surface area (TPSA) is 103 Å². The Balaban J connectivity index is 2.03. The second-order valence-corrected chi connectivity index (χ2v) is 8.69. The minimum absolute atomic E-state index is 0.0471. The number of aromatic nitrogens is 2. The molecular formula is C25H25N5O2S. The molecule has 0 saturated heterocycles. The molecule has 0 unspecified atom stereocenters. The maximum Gasteiger partial charge on any atom is 0.266 e. The number of para-hydroxylation sites is 2. The van der Waals surface area contributed by atoms with Crippen LogP contribution in [0.5, 0.6) is 0 Å². The molecule has 168 valence electrons. The van der Waals surface area contributed by atoms with Crippen LogP contribution < -0.4 is 5.56 Å².